The molecule has 0 aliphatic heterocycles. The van der Waals surface area contributed by atoms with E-state index in [0.29, 0.717) is 11.3 Å². The summed E-state index contributed by atoms with van der Waals surface area (Å²) >= 11 is 0. The van der Waals surface area contributed by atoms with Gasteiger partial charge in [-0.3, -0.25) is 4.79 Å². The van der Waals surface area contributed by atoms with E-state index in [0.717, 1.165) is 12.8 Å². The smallest absolute Gasteiger partial charge is 0.331 e. The number of hydrogen-bond donors (Lipinski definition) is 2. The van der Waals surface area contributed by atoms with Gasteiger partial charge in [-0.2, -0.15) is 0 Å². The summed E-state index contributed by atoms with van der Waals surface area (Å²) in [6.07, 6.45) is 4.71. The van der Waals surface area contributed by atoms with Crippen LogP contribution in [0.1, 0.15) is 18.4 Å². The highest BCUT2D eigenvalue weighted by Crippen LogP contribution is 2.26. The van der Waals surface area contributed by atoms with Crippen molar-refractivity contribution in [1.82, 2.24) is 5.32 Å². The number of benzene rings is 1. The van der Waals surface area contributed by atoms with Crippen molar-refractivity contribution in [3.05, 3.63) is 29.8 Å². The van der Waals surface area contributed by atoms with Gasteiger partial charge in [-0.15, -0.1) is 0 Å². The molecule has 0 aromatic heterocycles. The van der Waals surface area contributed by atoms with Crippen molar-refractivity contribution in [2.45, 2.75) is 18.9 Å². The van der Waals surface area contributed by atoms with Crippen molar-refractivity contribution < 1.29 is 24.2 Å². The molecule has 21 heavy (non-hydrogen) atoms. The van der Waals surface area contributed by atoms with E-state index in [-0.39, 0.29) is 24.3 Å². The van der Waals surface area contributed by atoms with Crippen LogP contribution in [0.5, 0.6) is 11.5 Å². The van der Waals surface area contributed by atoms with E-state index in [1.807, 2.05) is 0 Å². The highest BCUT2D eigenvalue weighted by Gasteiger charge is 2.23. The third-order valence-corrected chi connectivity index (χ3v) is 2.90. The number of carbonyl (C=O) groups excluding carboxylic acids is 2. The van der Waals surface area contributed by atoms with E-state index in [4.69, 9.17) is 9.47 Å². The summed E-state index contributed by atoms with van der Waals surface area (Å²) < 4.78 is 9.78. The van der Waals surface area contributed by atoms with Crippen LogP contribution in [0.3, 0.4) is 0 Å². The number of carbonyl (C=O) groups is 2. The third kappa shape index (κ3) is 4.83. The summed E-state index contributed by atoms with van der Waals surface area (Å²) in [7, 11) is 1.44. The number of rotatable bonds is 6. The van der Waals surface area contributed by atoms with Gasteiger partial charge < -0.3 is 19.9 Å². The molecule has 1 fully saturated rings. The second kappa shape index (κ2) is 6.78. The van der Waals surface area contributed by atoms with Gasteiger partial charge in [-0.05, 0) is 36.6 Å². The summed E-state index contributed by atoms with van der Waals surface area (Å²) in [5.41, 5.74) is 0.670. The van der Waals surface area contributed by atoms with Crippen LogP contribution in [0, 0.1) is 0 Å². The van der Waals surface area contributed by atoms with Gasteiger partial charge in [-0.1, -0.05) is 6.07 Å². The molecule has 2 N–H and O–H groups in total. The molecule has 0 radical (unpaired) electrons. The van der Waals surface area contributed by atoms with E-state index >= 15 is 0 Å². The van der Waals surface area contributed by atoms with Crippen LogP contribution in [-0.2, 0) is 14.3 Å². The van der Waals surface area contributed by atoms with Crippen LogP contribution in [0.2, 0.25) is 0 Å². The van der Waals surface area contributed by atoms with E-state index < -0.39 is 5.97 Å². The largest absolute Gasteiger partial charge is 0.504 e. The molecule has 1 aromatic carbocycles. The molecular weight excluding hydrogens is 274 g/mol. The Hall–Kier alpha value is -2.50. The standard InChI is InChI=1S/C15H17NO5/c1-20-13-8-10(2-6-12(13)17)3-7-15(19)21-9-14(18)16-11-4-5-11/h2-3,6-8,11,17H,4-5,9H2,1H3,(H,16,18)/b7-3+. The van der Waals surface area contributed by atoms with Gasteiger partial charge in [0.25, 0.3) is 5.91 Å². The first-order valence-corrected chi connectivity index (χ1v) is 6.59. The Labute approximate surface area is 122 Å². The maximum absolute atomic E-state index is 11.5. The first-order chi connectivity index (χ1) is 10.1. The molecule has 1 aromatic rings. The van der Waals surface area contributed by atoms with Gasteiger partial charge in [0.05, 0.1) is 7.11 Å². The average Bonchev–Trinajstić information content (AvgIpc) is 3.28. The molecule has 1 aliphatic carbocycles. The molecule has 0 heterocycles. The van der Waals surface area contributed by atoms with Crippen LogP contribution in [0.4, 0.5) is 0 Å². The van der Waals surface area contributed by atoms with Crippen molar-refractivity contribution in [2.75, 3.05) is 13.7 Å². The molecule has 0 saturated heterocycles. The number of methoxy groups -OCH3 is 1. The van der Waals surface area contributed by atoms with Crippen LogP contribution in [0.15, 0.2) is 24.3 Å². The molecule has 0 bridgehead atoms. The molecule has 0 unspecified atom stereocenters. The molecule has 6 heteroatoms. The summed E-state index contributed by atoms with van der Waals surface area (Å²) in [6, 6.07) is 4.92. The van der Waals surface area contributed by atoms with Crippen molar-refractivity contribution in [3.8, 4) is 11.5 Å². The van der Waals surface area contributed by atoms with Crippen molar-refractivity contribution in [2.24, 2.45) is 0 Å². The zero-order valence-electron chi connectivity index (χ0n) is 11.7. The highest BCUT2D eigenvalue weighted by molar-refractivity contribution is 5.89. The molecule has 1 aliphatic rings. The third-order valence-electron chi connectivity index (χ3n) is 2.90. The molecule has 0 atom stereocenters. The van der Waals surface area contributed by atoms with Gasteiger partial charge in [0.2, 0.25) is 0 Å². The summed E-state index contributed by atoms with van der Waals surface area (Å²) in [5.74, 6) is -0.554. The monoisotopic (exact) mass is 291 g/mol. The Morgan fingerprint density at radius 3 is 2.86 bits per heavy atom. The van der Waals surface area contributed by atoms with Crippen molar-refractivity contribution >= 4 is 18.0 Å². The fourth-order valence-electron chi connectivity index (χ4n) is 1.64. The maximum Gasteiger partial charge on any atom is 0.331 e. The zero-order valence-corrected chi connectivity index (χ0v) is 11.7. The minimum atomic E-state index is -0.604. The number of aromatic hydroxyl groups is 1. The molecule has 1 amide bonds. The van der Waals surface area contributed by atoms with E-state index in [1.165, 1.54) is 25.3 Å². The van der Waals surface area contributed by atoms with Crippen LogP contribution in [0.25, 0.3) is 6.08 Å². The predicted octanol–water partition coefficient (Wildman–Crippen LogP) is 1.24. The average molecular weight is 291 g/mol. The molecule has 112 valence electrons. The number of amides is 1. The van der Waals surface area contributed by atoms with Crippen LogP contribution in [-0.4, -0.2) is 36.7 Å². The maximum atomic E-state index is 11.5. The summed E-state index contributed by atoms with van der Waals surface area (Å²) in [5, 5.41) is 12.2. The van der Waals surface area contributed by atoms with Gasteiger partial charge in [0.1, 0.15) is 0 Å². The lowest BCUT2D eigenvalue weighted by Gasteiger charge is -2.04. The second-order valence-electron chi connectivity index (χ2n) is 4.71. The number of phenols is 1. The Balaban J connectivity index is 1.82. The molecule has 6 nitrogen and oxygen atoms in total. The highest BCUT2D eigenvalue weighted by atomic mass is 16.5. The van der Waals surface area contributed by atoms with Gasteiger partial charge in [0, 0.05) is 12.1 Å². The zero-order chi connectivity index (χ0) is 15.2. The molecule has 1 saturated carbocycles. The van der Waals surface area contributed by atoms with Gasteiger partial charge in [0.15, 0.2) is 18.1 Å². The number of ether oxygens (including phenoxy) is 2. The first kappa shape index (κ1) is 14.9. The lowest BCUT2D eigenvalue weighted by molar-refractivity contribution is -0.143. The van der Waals surface area contributed by atoms with E-state index in [2.05, 4.69) is 5.32 Å². The van der Waals surface area contributed by atoms with Gasteiger partial charge in [-0.25, -0.2) is 4.79 Å². The Morgan fingerprint density at radius 2 is 2.19 bits per heavy atom. The number of nitrogens with one attached hydrogen (secondary N) is 1. The minimum Gasteiger partial charge on any atom is -0.504 e. The summed E-state index contributed by atoms with van der Waals surface area (Å²) in [6.45, 7) is -0.279. The lowest BCUT2D eigenvalue weighted by atomic mass is 10.2. The minimum absolute atomic E-state index is 0.0222. The quantitative estimate of drug-likeness (QED) is 0.608. The predicted molar refractivity (Wildman–Crippen MR) is 75.8 cm³/mol. The Bertz CT molecular complexity index is 563. The summed E-state index contributed by atoms with van der Waals surface area (Å²) in [4.78, 5) is 22.8. The topological polar surface area (TPSA) is 84.9 Å². The molecule has 0 spiro atoms. The van der Waals surface area contributed by atoms with Crippen molar-refractivity contribution in [3.63, 3.8) is 0 Å². The second-order valence-corrected chi connectivity index (χ2v) is 4.71. The van der Waals surface area contributed by atoms with E-state index in [1.54, 1.807) is 12.1 Å². The normalized spacial score (nSPS) is 14.0. The number of hydrogen-bond acceptors (Lipinski definition) is 5. The van der Waals surface area contributed by atoms with E-state index in [9.17, 15) is 14.7 Å². The van der Waals surface area contributed by atoms with Crippen LogP contribution >= 0.6 is 0 Å². The van der Waals surface area contributed by atoms with Crippen molar-refractivity contribution in [1.29, 1.82) is 0 Å². The Kier molecular flexibility index (Phi) is 4.81. The first-order valence-electron chi connectivity index (χ1n) is 6.59. The molecular formula is C15H17NO5. The lowest BCUT2D eigenvalue weighted by Crippen LogP contribution is -2.30. The fourth-order valence-corrected chi connectivity index (χ4v) is 1.64. The number of phenolic OH excluding ortho intramolecular Hbond substituents is 1. The van der Waals surface area contributed by atoms with Gasteiger partial charge >= 0.3 is 5.97 Å². The SMILES string of the molecule is COc1cc(/C=C/C(=O)OCC(=O)NC2CC2)ccc1O. The Morgan fingerprint density at radius 1 is 1.43 bits per heavy atom. The molecule has 2 rings (SSSR count). The fraction of sp³-hybridized carbons (Fsp3) is 0.333. The van der Waals surface area contributed by atoms with Crippen LogP contribution < -0.4 is 10.1 Å². The number of esters is 1.